The molecule has 4 aliphatic carbocycles. The van der Waals surface area contributed by atoms with Crippen LogP contribution >= 0.6 is 0 Å². The van der Waals surface area contributed by atoms with Crippen molar-refractivity contribution in [3.63, 3.8) is 0 Å². The summed E-state index contributed by atoms with van der Waals surface area (Å²) in [6, 6.07) is 39.2. The summed E-state index contributed by atoms with van der Waals surface area (Å²) in [4.78, 5) is 0. The second-order valence-corrected chi connectivity index (χ2v) is 17.4. The Morgan fingerprint density at radius 3 is 2.20 bits per heavy atom. The second-order valence-electron chi connectivity index (χ2n) is 17.4. The molecule has 60 heavy (non-hydrogen) atoms. The van der Waals surface area contributed by atoms with E-state index in [1.807, 2.05) is 6.08 Å². The highest BCUT2D eigenvalue weighted by Crippen LogP contribution is 2.68. The molecule has 0 fully saturated rings. The molecule has 0 aliphatic heterocycles. The van der Waals surface area contributed by atoms with Crippen LogP contribution in [0.1, 0.15) is 83.7 Å². The summed E-state index contributed by atoms with van der Waals surface area (Å²) in [5.74, 6) is 0.375. The van der Waals surface area contributed by atoms with Gasteiger partial charge in [-0.25, -0.2) is 0 Å². The lowest BCUT2D eigenvalue weighted by atomic mass is 9.63. The molecule has 0 nitrogen and oxygen atoms in total. The average Bonchev–Trinajstić information content (AvgIpc) is 3.76. The van der Waals surface area contributed by atoms with E-state index >= 15 is 0 Å². The molecule has 4 aliphatic rings. The predicted octanol–water partition coefficient (Wildman–Crippen LogP) is 14.5. The van der Waals surface area contributed by atoms with Gasteiger partial charge in [0.15, 0.2) is 0 Å². The molecule has 1 spiro atoms. The number of hydrogen-bond donors (Lipinski definition) is 0. The number of rotatable bonds is 5. The van der Waals surface area contributed by atoms with Crippen LogP contribution < -0.4 is 10.4 Å². The van der Waals surface area contributed by atoms with Crippen LogP contribution in [0.2, 0.25) is 0 Å². The van der Waals surface area contributed by atoms with Gasteiger partial charge in [0, 0.05) is 0 Å². The lowest BCUT2D eigenvalue weighted by Crippen LogP contribution is -2.32. The summed E-state index contributed by atoms with van der Waals surface area (Å²) >= 11 is 0. The largest absolute Gasteiger partial charge is 0.0984 e. The molecule has 7 aromatic carbocycles. The molecule has 0 heteroatoms. The minimum atomic E-state index is -0.431. The van der Waals surface area contributed by atoms with Gasteiger partial charge in [0.2, 0.25) is 0 Å². The minimum absolute atomic E-state index is 0.375. The van der Waals surface area contributed by atoms with Gasteiger partial charge in [-0.1, -0.05) is 178 Å². The third kappa shape index (κ3) is 4.74. The van der Waals surface area contributed by atoms with Crippen LogP contribution in [-0.2, 0) is 11.8 Å². The molecule has 0 bridgehead atoms. The molecular weight excluding hydrogens is 721 g/mol. The Hall–Kier alpha value is -6.76. The van der Waals surface area contributed by atoms with Crippen molar-refractivity contribution in [3.05, 3.63) is 207 Å². The fourth-order valence-electron chi connectivity index (χ4n) is 11.8. The fraction of sp³-hybridized carbons (Fsp3) is 0.133. The lowest BCUT2D eigenvalue weighted by Gasteiger charge is -2.38. The van der Waals surface area contributed by atoms with Crippen LogP contribution in [-0.4, -0.2) is 0 Å². The van der Waals surface area contributed by atoms with E-state index in [2.05, 4.69) is 187 Å². The van der Waals surface area contributed by atoms with Crippen molar-refractivity contribution in [1.82, 2.24) is 0 Å². The zero-order valence-corrected chi connectivity index (χ0v) is 34.9. The first-order valence-electron chi connectivity index (χ1n) is 21.5. The number of aryl methyl sites for hydroxylation is 1. The number of benzene rings is 7. The Morgan fingerprint density at radius 1 is 0.667 bits per heavy atom. The highest BCUT2D eigenvalue weighted by atomic mass is 14.6. The Balaban J connectivity index is 1.16. The van der Waals surface area contributed by atoms with Crippen molar-refractivity contribution in [2.75, 3.05) is 0 Å². The summed E-state index contributed by atoms with van der Waals surface area (Å²) in [5, 5.41) is 7.21. The van der Waals surface area contributed by atoms with E-state index < -0.39 is 5.41 Å². The van der Waals surface area contributed by atoms with Crippen LogP contribution in [0.3, 0.4) is 0 Å². The van der Waals surface area contributed by atoms with Gasteiger partial charge in [-0.3, -0.25) is 0 Å². The van der Waals surface area contributed by atoms with Crippen LogP contribution in [0, 0.1) is 5.92 Å². The van der Waals surface area contributed by atoms with E-state index in [1.54, 1.807) is 5.57 Å². The van der Waals surface area contributed by atoms with Crippen molar-refractivity contribution in [1.29, 1.82) is 0 Å². The maximum absolute atomic E-state index is 4.52. The molecule has 0 amide bonds. The number of fused-ring (bicyclic) bond motifs is 14. The Bertz CT molecular complexity index is 3310. The molecular formula is C60H48. The molecule has 288 valence electrons. The van der Waals surface area contributed by atoms with Crippen molar-refractivity contribution < 1.29 is 0 Å². The molecule has 0 saturated heterocycles. The van der Waals surface area contributed by atoms with Crippen LogP contribution in [0.25, 0.3) is 97.0 Å². The van der Waals surface area contributed by atoms with E-state index in [-0.39, 0.29) is 0 Å². The molecule has 11 rings (SSSR count). The van der Waals surface area contributed by atoms with Crippen molar-refractivity contribution >= 4 is 63.6 Å². The van der Waals surface area contributed by atoms with Gasteiger partial charge in [0.05, 0.1) is 5.41 Å². The molecule has 0 heterocycles. The Kier molecular flexibility index (Phi) is 8.10. The molecule has 0 aromatic heterocycles. The SMILES string of the molecule is C=Cc1c2c(c3ccc(-c4ccc(-c5ccc(C=C)c6c(=C(C)C)c(=C)ccc56)cc4)cc3c1C=C)C1(C3=C(C=CCC3C)c3ccccc31)c1c-2ccc2c1C=CCC2. The molecule has 0 N–H and O–H groups in total. The molecule has 2 atom stereocenters. The zero-order valence-electron chi connectivity index (χ0n) is 34.9. The molecule has 0 saturated carbocycles. The van der Waals surface area contributed by atoms with Crippen molar-refractivity contribution in [3.8, 4) is 33.4 Å². The van der Waals surface area contributed by atoms with Gasteiger partial charge >= 0.3 is 0 Å². The first-order valence-corrected chi connectivity index (χ1v) is 21.5. The van der Waals surface area contributed by atoms with E-state index in [4.69, 9.17) is 0 Å². The highest BCUT2D eigenvalue weighted by molar-refractivity contribution is 6.12. The van der Waals surface area contributed by atoms with Crippen molar-refractivity contribution in [2.24, 2.45) is 5.92 Å². The number of allylic oxidation sites excluding steroid dienone is 5. The zero-order chi connectivity index (χ0) is 41.0. The van der Waals surface area contributed by atoms with Crippen LogP contribution in [0.4, 0.5) is 0 Å². The van der Waals surface area contributed by atoms with Gasteiger partial charge in [-0.05, 0) is 172 Å². The first kappa shape index (κ1) is 36.3. The van der Waals surface area contributed by atoms with E-state index in [0.29, 0.717) is 5.92 Å². The van der Waals surface area contributed by atoms with Crippen molar-refractivity contribution in [2.45, 2.75) is 45.4 Å². The Labute approximate surface area is 354 Å². The topological polar surface area (TPSA) is 0 Å². The summed E-state index contributed by atoms with van der Waals surface area (Å²) in [5.41, 5.74) is 23.1. The summed E-state index contributed by atoms with van der Waals surface area (Å²) in [6.45, 7) is 24.3. The molecule has 7 aromatic rings. The van der Waals surface area contributed by atoms with Gasteiger partial charge < -0.3 is 0 Å². The van der Waals surface area contributed by atoms with Crippen LogP contribution in [0.5, 0.6) is 0 Å². The monoisotopic (exact) mass is 768 g/mol. The summed E-state index contributed by atoms with van der Waals surface area (Å²) < 4.78 is 0. The molecule has 2 unspecified atom stereocenters. The Morgan fingerprint density at radius 2 is 1.42 bits per heavy atom. The third-order valence-corrected chi connectivity index (χ3v) is 14.1. The van der Waals surface area contributed by atoms with Crippen LogP contribution in [0.15, 0.2) is 147 Å². The second kappa shape index (κ2) is 13.4. The maximum Gasteiger partial charge on any atom is 0.0703 e. The third-order valence-electron chi connectivity index (χ3n) is 14.1. The quantitative estimate of drug-likeness (QED) is 0.164. The molecule has 0 radical (unpaired) electrons. The van der Waals surface area contributed by atoms with Gasteiger partial charge in [-0.2, -0.15) is 0 Å². The summed E-state index contributed by atoms with van der Waals surface area (Å²) in [7, 11) is 0. The minimum Gasteiger partial charge on any atom is -0.0984 e. The average molecular weight is 769 g/mol. The first-order chi connectivity index (χ1) is 29.3. The van der Waals surface area contributed by atoms with Gasteiger partial charge in [0.1, 0.15) is 0 Å². The van der Waals surface area contributed by atoms with Gasteiger partial charge in [-0.15, -0.1) is 0 Å². The normalized spacial score (nSPS) is 18.0. The fourth-order valence-corrected chi connectivity index (χ4v) is 11.8. The maximum atomic E-state index is 4.52. The predicted molar refractivity (Wildman–Crippen MR) is 261 cm³/mol. The van der Waals surface area contributed by atoms with Gasteiger partial charge in [0.25, 0.3) is 0 Å². The summed E-state index contributed by atoms with van der Waals surface area (Å²) in [6.07, 6.45) is 18.9. The van der Waals surface area contributed by atoms with E-state index in [0.717, 1.165) is 35.6 Å². The highest BCUT2D eigenvalue weighted by Gasteiger charge is 2.56. The number of hydrogen-bond acceptors (Lipinski definition) is 0. The van der Waals surface area contributed by atoms with E-state index in [1.165, 1.54) is 110 Å². The standard InChI is InChI=1S/C60H48/c1-8-38-27-31-45(48-30-22-36(6)54(35(4)5)55(38)48)41-25-23-39(24-26-41)42-29-32-50-52(34-42)43(9-2)44(10-3)56-51-33-28-40-17-11-12-18-46(40)58(51)60(59(50)56)53-21-14-13-19-47(53)49-20-15-16-37(7)57(49)60/h8-10,12-15,18-34,37H,1-3,6,11,16-17H2,4-5,7H3. The lowest BCUT2D eigenvalue weighted by molar-refractivity contribution is 0.592. The smallest absolute Gasteiger partial charge is 0.0703 e. The van der Waals surface area contributed by atoms with E-state index in [9.17, 15) is 0 Å².